The number of rotatable bonds is 5. The maximum atomic E-state index is 12.2. The first kappa shape index (κ1) is 14.8. The van der Waals surface area contributed by atoms with Crippen molar-refractivity contribution in [1.82, 2.24) is 14.5 Å². The largest absolute Gasteiger partial charge is 0.398 e. The number of nitrogens with one attached hydrogen (secondary N) is 1. The van der Waals surface area contributed by atoms with E-state index >= 15 is 0 Å². The van der Waals surface area contributed by atoms with Gasteiger partial charge in [-0.05, 0) is 31.2 Å². The number of nitrogen functional groups attached to an aromatic ring is 1. The minimum absolute atomic E-state index is 0.0224. The summed E-state index contributed by atoms with van der Waals surface area (Å²) in [5.74, 6) is 0. The van der Waals surface area contributed by atoms with Crippen LogP contribution in [0.25, 0.3) is 0 Å². The molecule has 1 unspecified atom stereocenters. The van der Waals surface area contributed by atoms with Crippen molar-refractivity contribution in [3.63, 3.8) is 0 Å². The van der Waals surface area contributed by atoms with Crippen molar-refractivity contribution in [2.45, 2.75) is 24.4 Å². The van der Waals surface area contributed by atoms with Crippen LogP contribution >= 0.6 is 11.6 Å². The second-order valence-electron chi connectivity index (χ2n) is 4.43. The van der Waals surface area contributed by atoms with Crippen molar-refractivity contribution in [2.24, 2.45) is 0 Å². The Kier molecular flexibility index (Phi) is 4.32. The van der Waals surface area contributed by atoms with Gasteiger partial charge in [0.2, 0.25) is 10.0 Å². The molecular formula is C12H15ClN4O2S. The summed E-state index contributed by atoms with van der Waals surface area (Å²) in [5, 5.41) is 4.42. The summed E-state index contributed by atoms with van der Waals surface area (Å²) in [6.45, 7) is 2.19. The van der Waals surface area contributed by atoms with Crippen molar-refractivity contribution >= 4 is 27.3 Å². The quantitative estimate of drug-likeness (QED) is 0.818. The molecule has 1 atom stereocenters. The predicted octanol–water partition coefficient (Wildman–Crippen LogP) is 1.49. The molecule has 1 aromatic heterocycles. The monoisotopic (exact) mass is 314 g/mol. The molecule has 108 valence electrons. The van der Waals surface area contributed by atoms with Crippen molar-refractivity contribution in [3.8, 4) is 0 Å². The van der Waals surface area contributed by atoms with E-state index in [4.69, 9.17) is 17.3 Å². The summed E-state index contributed by atoms with van der Waals surface area (Å²) < 4.78 is 28.7. The Hall–Kier alpha value is -1.57. The van der Waals surface area contributed by atoms with Crippen molar-refractivity contribution in [2.75, 3.05) is 5.73 Å². The number of halogens is 1. The van der Waals surface area contributed by atoms with Crippen LogP contribution in [-0.2, 0) is 16.6 Å². The van der Waals surface area contributed by atoms with Gasteiger partial charge in [0, 0.05) is 23.5 Å². The molecule has 1 aromatic carbocycles. The highest BCUT2D eigenvalue weighted by Crippen LogP contribution is 2.22. The van der Waals surface area contributed by atoms with Gasteiger partial charge in [0.05, 0.1) is 12.2 Å². The van der Waals surface area contributed by atoms with Gasteiger partial charge in [-0.1, -0.05) is 11.6 Å². The molecule has 2 rings (SSSR count). The molecule has 2 aromatic rings. The molecule has 6 nitrogen and oxygen atoms in total. The summed E-state index contributed by atoms with van der Waals surface area (Å²) in [6, 6.07) is 5.74. The van der Waals surface area contributed by atoms with Gasteiger partial charge in [-0.15, -0.1) is 0 Å². The van der Waals surface area contributed by atoms with E-state index in [1.54, 1.807) is 30.1 Å². The molecule has 0 aliphatic heterocycles. The predicted molar refractivity (Wildman–Crippen MR) is 77.9 cm³/mol. The van der Waals surface area contributed by atoms with Gasteiger partial charge in [-0.25, -0.2) is 13.1 Å². The maximum absolute atomic E-state index is 12.2. The second kappa shape index (κ2) is 5.82. The van der Waals surface area contributed by atoms with Gasteiger partial charge < -0.3 is 5.73 Å². The summed E-state index contributed by atoms with van der Waals surface area (Å²) in [6.07, 6.45) is 3.40. The Labute approximate surface area is 122 Å². The lowest BCUT2D eigenvalue weighted by Crippen LogP contribution is -2.36. The molecule has 0 bridgehead atoms. The van der Waals surface area contributed by atoms with Crippen LogP contribution in [0.15, 0.2) is 41.6 Å². The molecule has 0 spiro atoms. The fourth-order valence-corrected chi connectivity index (χ4v) is 3.35. The molecule has 0 aliphatic rings. The number of hydrogen-bond acceptors (Lipinski definition) is 4. The van der Waals surface area contributed by atoms with Gasteiger partial charge in [0.15, 0.2) is 0 Å². The highest BCUT2D eigenvalue weighted by molar-refractivity contribution is 7.89. The Morgan fingerprint density at radius 2 is 2.25 bits per heavy atom. The van der Waals surface area contributed by atoms with E-state index in [2.05, 4.69) is 9.82 Å². The van der Waals surface area contributed by atoms with Crippen LogP contribution in [0.3, 0.4) is 0 Å². The van der Waals surface area contributed by atoms with Crippen molar-refractivity contribution in [1.29, 1.82) is 0 Å². The van der Waals surface area contributed by atoms with Crippen LogP contribution in [0, 0.1) is 0 Å². The SMILES string of the molecule is CC(Cn1cccn1)NS(=O)(=O)c1ccc(Cl)cc1N. The van der Waals surface area contributed by atoms with Gasteiger partial charge in [0.25, 0.3) is 0 Å². The molecule has 8 heteroatoms. The average molecular weight is 315 g/mol. The third-order valence-electron chi connectivity index (χ3n) is 2.64. The molecule has 0 saturated heterocycles. The third kappa shape index (κ3) is 3.50. The summed E-state index contributed by atoms with van der Waals surface area (Å²) >= 11 is 5.76. The lowest BCUT2D eigenvalue weighted by molar-refractivity contribution is 0.494. The molecule has 0 aliphatic carbocycles. The van der Waals surface area contributed by atoms with E-state index in [-0.39, 0.29) is 16.6 Å². The molecule has 20 heavy (non-hydrogen) atoms. The van der Waals surface area contributed by atoms with E-state index in [0.717, 1.165) is 0 Å². The van der Waals surface area contributed by atoms with Gasteiger partial charge in [0.1, 0.15) is 4.90 Å². The molecular weight excluding hydrogens is 300 g/mol. The van der Waals surface area contributed by atoms with E-state index < -0.39 is 10.0 Å². The standard InChI is InChI=1S/C12H15ClN4O2S/c1-9(8-17-6-2-5-15-17)16-20(18,19)12-4-3-10(13)7-11(12)14/h2-7,9,16H,8,14H2,1H3. The topological polar surface area (TPSA) is 90.0 Å². The van der Waals surface area contributed by atoms with Crippen LogP contribution < -0.4 is 10.5 Å². The molecule has 0 saturated carbocycles. The fraction of sp³-hybridized carbons (Fsp3) is 0.250. The molecule has 3 N–H and O–H groups in total. The Balaban J connectivity index is 2.14. The van der Waals surface area contributed by atoms with Gasteiger partial charge in [-0.2, -0.15) is 5.10 Å². The normalized spacial score (nSPS) is 13.3. The number of sulfonamides is 1. The van der Waals surface area contributed by atoms with Crippen molar-refractivity contribution < 1.29 is 8.42 Å². The zero-order valence-electron chi connectivity index (χ0n) is 10.8. The number of hydrogen-bond donors (Lipinski definition) is 2. The number of anilines is 1. The summed E-state index contributed by atoms with van der Waals surface area (Å²) in [5.41, 5.74) is 5.82. The third-order valence-corrected chi connectivity index (χ3v) is 4.54. The van der Waals surface area contributed by atoms with E-state index in [1.807, 2.05) is 0 Å². The van der Waals surface area contributed by atoms with Crippen LogP contribution in [0.1, 0.15) is 6.92 Å². The number of aromatic nitrogens is 2. The second-order valence-corrected chi connectivity index (χ2v) is 6.55. The highest BCUT2D eigenvalue weighted by atomic mass is 35.5. The first-order chi connectivity index (χ1) is 9.38. The maximum Gasteiger partial charge on any atom is 0.242 e. The number of nitrogens with two attached hydrogens (primary N) is 1. The Bertz CT molecular complexity index is 685. The molecule has 0 amide bonds. The smallest absolute Gasteiger partial charge is 0.242 e. The van der Waals surface area contributed by atoms with E-state index in [0.29, 0.717) is 11.6 Å². The lowest BCUT2D eigenvalue weighted by atomic mass is 10.3. The zero-order chi connectivity index (χ0) is 14.8. The van der Waals surface area contributed by atoms with E-state index in [1.165, 1.54) is 18.2 Å². The number of benzene rings is 1. The Morgan fingerprint density at radius 1 is 1.50 bits per heavy atom. The summed E-state index contributed by atoms with van der Waals surface area (Å²) in [7, 11) is -3.68. The minimum atomic E-state index is -3.68. The van der Waals surface area contributed by atoms with E-state index in [9.17, 15) is 8.42 Å². The zero-order valence-corrected chi connectivity index (χ0v) is 12.4. The number of nitrogens with zero attached hydrogens (tertiary/aromatic N) is 2. The lowest BCUT2D eigenvalue weighted by Gasteiger charge is -2.15. The highest BCUT2D eigenvalue weighted by Gasteiger charge is 2.20. The van der Waals surface area contributed by atoms with Crippen LogP contribution in [0.4, 0.5) is 5.69 Å². The van der Waals surface area contributed by atoms with Gasteiger partial charge >= 0.3 is 0 Å². The molecule has 0 fully saturated rings. The van der Waals surface area contributed by atoms with Crippen LogP contribution in [0.2, 0.25) is 5.02 Å². The summed E-state index contributed by atoms with van der Waals surface area (Å²) in [4.78, 5) is 0.0224. The van der Waals surface area contributed by atoms with Gasteiger partial charge in [-0.3, -0.25) is 4.68 Å². The van der Waals surface area contributed by atoms with Crippen LogP contribution in [0.5, 0.6) is 0 Å². The molecule has 0 radical (unpaired) electrons. The first-order valence-electron chi connectivity index (χ1n) is 5.93. The van der Waals surface area contributed by atoms with Crippen LogP contribution in [-0.4, -0.2) is 24.2 Å². The Morgan fingerprint density at radius 3 is 2.85 bits per heavy atom. The molecule has 1 heterocycles. The minimum Gasteiger partial charge on any atom is -0.398 e. The average Bonchev–Trinajstić information content (AvgIpc) is 2.79. The van der Waals surface area contributed by atoms with Crippen molar-refractivity contribution in [3.05, 3.63) is 41.7 Å². The first-order valence-corrected chi connectivity index (χ1v) is 7.79. The fourth-order valence-electron chi connectivity index (χ4n) is 1.82.